The Hall–Kier alpha value is -3.21. The monoisotopic (exact) mass is 573 g/mol. The Balaban J connectivity index is 1.28. The van der Waals surface area contributed by atoms with E-state index in [2.05, 4.69) is 57.5 Å². The molecule has 10 nitrogen and oxygen atoms in total. The molecule has 3 aliphatic rings. The summed E-state index contributed by atoms with van der Waals surface area (Å²) in [5.74, 6) is 2.47. The number of likely N-dealkylation sites (N-methyl/N-ethyl adjacent to an activating group) is 1. The summed E-state index contributed by atoms with van der Waals surface area (Å²) in [5, 5.41) is 6.89. The molecule has 2 aromatic heterocycles. The number of anilines is 3. The van der Waals surface area contributed by atoms with Crippen LogP contribution in [0.3, 0.4) is 0 Å². The molecule has 2 aliphatic heterocycles. The summed E-state index contributed by atoms with van der Waals surface area (Å²) in [6, 6.07) is 7.77. The van der Waals surface area contributed by atoms with E-state index in [-0.39, 0.29) is 6.04 Å². The first-order chi connectivity index (χ1) is 20.5. The van der Waals surface area contributed by atoms with Gasteiger partial charge in [0.05, 0.1) is 18.5 Å². The minimum absolute atomic E-state index is 0.250. The summed E-state index contributed by atoms with van der Waals surface area (Å²) in [7, 11) is 5.87. The van der Waals surface area contributed by atoms with E-state index >= 15 is 0 Å². The van der Waals surface area contributed by atoms with Crippen LogP contribution in [0.4, 0.5) is 17.3 Å². The summed E-state index contributed by atoms with van der Waals surface area (Å²) in [4.78, 5) is 22.6. The molecule has 4 heterocycles. The van der Waals surface area contributed by atoms with Crippen molar-refractivity contribution in [3.63, 3.8) is 0 Å². The number of fused-ring (bicyclic) bond motifs is 1. The van der Waals surface area contributed by atoms with Crippen LogP contribution in [0.5, 0.6) is 5.75 Å². The van der Waals surface area contributed by atoms with Crippen LogP contribution < -0.4 is 26.0 Å². The third-order valence-electron chi connectivity index (χ3n) is 9.51. The van der Waals surface area contributed by atoms with Crippen molar-refractivity contribution in [2.75, 3.05) is 76.0 Å². The van der Waals surface area contributed by atoms with E-state index in [0.29, 0.717) is 12.1 Å². The molecule has 10 heteroatoms. The van der Waals surface area contributed by atoms with Crippen LogP contribution in [-0.4, -0.2) is 103 Å². The number of nitrogens with one attached hydrogen (secondary N) is 2. The summed E-state index contributed by atoms with van der Waals surface area (Å²) < 4.78 is 5.98. The number of nitrogens with zero attached hydrogens (tertiary/aromatic N) is 6. The zero-order chi connectivity index (χ0) is 29.2. The van der Waals surface area contributed by atoms with Crippen LogP contribution in [0, 0.1) is 0 Å². The molecule has 1 aliphatic carbocycles. The van der Waals surface area contributed by atoms with Crippen molar-refractivity contribution >= 4 is 28.4 Å². The molecular weight excluding hydrogens is 526 g/mol. The molecular formula is C32H47N9O. The number of ether oxygens (including phenoxy) is 1. The number of piperazine rings is 1. The van der Waals surface area contributed by atoms with Gasteiger partial charge in [-0.25, -0.2) is 15.0 Å². The molecule has 2 unspecified atom stereocenters. The van der Waals surface area contributed by atoms with Gasteiger partial charge in [-0.3, -0.25) is 4.90 Å². The molecule has 2 saturated heterocycles. The number of hydrogen-bond acceptors (Lipinski definition) is 10. The second-order valence-corrected chi connectivity index (χ2v) is 12.2. The molecule has 2 atom stereocenters. The number of pyridine rings is 1. The number of methoxy groups -OCH3 is 1. The number of aromatic nitrogens is 3. The molecule has 0 radical (unpaired) electrons. The topological polar surface area (TPSA) is 108 Å². The summed E-state index contributed by atoms with van der Waals surface area (Å²) in [6.07, 6.45) is 8.11. The summed E-state index contributed by atoms with van der Waals surface area (Å²) in [6.45, 7) is 8.91. The fourth-order valence-corrected chi connectivity index (χ4v) is 6.94. The molecule has 42 heavy (non-hydrogen) atoms. The van der Waals surface area contributed by atoms with E-state index < -0.39 is 0 Å². The van der Waals surface area contributed by atoms with Crippen molar-refractivity contribution in [3.05, 3.63) is 30.1 Å². The van der Waals surface area contributed by atoms with Crippen LogP contribution >= 0.6 is 0 Å². The van der Waals surface area contributed by atoms with E-state index in [0.717, 1.165) is 89.7 Å². The number of piperidine rings is 1. The van der Waals surface area contributed by atoms with E-state index in [1.807, 2.05) is 13.2 Å². The normalized spacial score (nSPS) is 22.5. The first kappa shape index (κ1) is 28.9. The third kappa shape index (κ3) is 5.85. The van der Waals surface area contributed by atoms with E-state index in [1.54, 1.807) is 7.11 Å². The molecule has 4 N–H and O–H groups in total. The first-order valence-electron chi connectivity index (χ1n) is 15.7. The van der Waals surface area contributed by atoms with Crippen molar-refractivity contribution in [2.24, 2.45) is 5.73 Å². The molecule has 0 spiro atoms. The number of hydrogen-bond donors (Lipinski definition) is 3. The molecule has 1 saturated carbocycles. The lowest BCUT2D eigenvalue weighted by atomic mass is 10.00. The highest BCUT2D eigenvalue weighted by Gasteiger charge is 2.28. The largest absolute Gasteiger partial charge is 0.495 e. The molecule has 6 rings (SSSR count). The lowest BCUT2D eigenvalue weighted by Crippen LogP contribution is -2.52. The van der Waals surface area contributed by atoms with Gasteiger partial charge in [0.25, 0.3) is 0 Å². The van der Waals surface area contributed by atoms with Gasteiger partial charge < -0.3 is 30.9 Å². The Labute approximate surface area is 250 Å². The van der Waals surface area contributed by atoms with Gasteiger partial charge in [0, 0.05) is 76.2 Å². The zero-order valence-electron chi connectivity index (χ0n) is 25.7. The van der Waals surface area contributed by atoms with Gasteiger partial charge in [0.1, 0.15) is 22.6 Å². The predicted molar refractivity (Wildman–Crippen MR) is 172 cm³/mol. The van der Waals surface area contributed by atoms with Crippen molar-refractivity contribution in [1.82, 2.24) is 24.8 Å². The Morgan fingerprint density at radius 2 is 1.76 bits per heavy atom. The van der Waals surface area contributed by atoms with Gasteiger partial charge in [-0.05, 0) is 63.3 Å². The van der Waals surface area contributed by atoms with Gasteiger partial charge in [-0.2, -0.15) is 0 Å². The van der Waals surface area contributed by atoms with E-state index in [4.69, 9.17) is 25.4 Å². The summed E-state index contributed by atoms with van der Waals surface area (Å²) >= 11 is 0. The van der Waals surface area contributed by atoms with Gasteiger partial charge in [-0.15, -0.1) is 0 Å². The van der Waals surface area contributed by atoms with Gasteiger partial charge >= 0.3 is 0 Å². The molecule has 226 valence electrons. The minimum Gasteiger partial charge on any atom is -0.495 e. The Morgan fingerprint density at radius 3 is 2.43 bits per heavy atom. The number of benzene rings is 1. The number of aryl methyl sites for hydroxylation is 1. The average Bonchev–Trinajstić information content (AvgIpc) is 3.44. The van der Waals surface area contributed by atoms with Gasteiger partial charge in [0.15, 0.2) is 5.82 Å². The Morgan fingerprint density at radius 1 is 0.976 bits per heavy atom. The third-order valence-corrected chi connectivity index (χ3v) is 9.51. The highest BCUT2D eigenvalue weighted by atomic mass is 16.5. The van der Waals surface area contributed by atoms with E-state index in [9.17, 15) is 0 Å². The molecule has 0 bridgehead atoms. The van der Waals surface area contributed by atoms with E-state index in [1.165, 1.54) is 39.0 Å². The van der Waals surface area contributed by atoms with Crippen molar-refractivity contribution in [3.8, 4) is 16.9 Å². The smallest absolute Gasteiger partial charge is 0.153 e. The van der Waals surface area contributed by atoms with Crippen molar-refractivity contribution in [2.45, 2.75) is 63.6 Å². The van der Waals surface area contributed by atoms with Crippen LogP contribution in [-0.2, 0) is 6.42 Å². The maximum absolute atomic E-state index is 6.21. The van der Waals surface area contributed by atoms with Gasteiger partial charge in [-0.1, -0.05) is 13.0 Å². The lowest BCUT2D eigenvalue weighted by Gasteiger charge is -2.42. The fourth-order valence-electron chi connectivity index (χ4n) is 6.94. The fraction of sp³-hybridized carbons (Fsp3) is 0.594. The molecule has 3 aromatic rings. The minimum atomic E-state index is 0.250. The maximum Gasteiger partial charge on any atom is 0.153 e. The van der Waals surface area contributed by atoms with Crippen LogP contribution in [0.15, 0.2) is 24.4 Å². The SMILES string of the molecule is CCc1nc2c(NC)ncc(-c3ccc(N4CCC(N5CCN(C)CC5)CC4)c(OC)c3)c2nc1NC1CCC(N)C1. The molecule has 0 amide bonds. The predicted octanol–water partition coefficient (Wildman–Crippen LogP) is 3.81. The Bertz CT molecular complexity index is 1380. The van der Waals surface area contributed by atoms with Crippen LogP contribution in [0.2, 0.25) is 0 Å². The zero-order valence-corrected chi connectivity index (χ0v) is 25.7. The van der Waals surface area contributed by atoms with Crippen LogP contribution in [0.1, 0.15) is 44.7 Å². The highest BCUT2D eigenvalue weighted by Crippen LogP contribution is 2.38. The lowest BCUT2D eigenvalue weighted by molar-refractivity contribution is 0.0981. The first-order valence-corrected chi connectivity index (χ1v) is 15.7. The van der Waals surface area contributed by atoms with Crippen molar-refractivity contribution in [1.29, 1.82) is 0 Å². The van der Waals surface area contributed by atoms with Crippen molar-refractivity contribution < 1.29 is 4.74 Å². The van der Waals surface area contributed by atoms with Gasteiger partial charge in [0.2, 0.25) is 0 Å². The van der Waals surface area contributed by atoms with Crippen LogP contribution in [0.25, 0.3) is 22.2 Å². The maximum atomic E-state index is 6.21. The quantitative estimate of drug-likeness (QED) is 0.368. The second-order valence-electron chi connectivity index (χ2n) is 12.2. The summed E-state index contributed by atoms with van der Waals surface area (Å²) in [5.41, 5.74) is 11.9. The molecule has 1 aromatic carbocycles. The Kier molecular flexibility index (Phi) is 8.65. The standard InChI is InChI=1S/C32H47N9O/c1-5-26-31(36-23-8-7-22(33)19-23)38-29-25(20-35-32(34-2)30(29)37-26)21-6-9-27(28(18-21)42-4)41-12-10-24(11-13-41)40-16-14-39(3)15-17-40/h6,9,18,20,22-24H,5,7-8,10-17,19,33H2,1-4H3,(H,34,35)(H,36,38). The second kappa shape index (κ2) is 12.6. The number of nitrogens with two attached hydrogens (primary N) is 1. The average molecular weight is 574 g/mol. The number of rotatable bonds is 8. The highest BCUT2D eigenvalue weighted by molar-refractivity contribution is 5.98. The molecule has 3 fully saturated rings.